The van der Waals surface area contributed by atoms with E-state index >= 15 is 0 Å². The molecule has 2 aromatic carbocycles. The van der Waals surface area contributed by atoms with E-state index < -0.39 is 0 Å². The Morgan fingerprint density at radius 3 is 2.52 bits per heavy atom. The Labute approximate surface area is 123 Å². The SMILES string of the molecule is Cc1cc2ccccc2nc1C(=O)C=Cc1ccccc1. The van der Waals surface area contributed by atoms with Crippen molar-refractivity contribution in [3.8, 4) is 0 Å². The molecule has 0 spiro atoms. The molecule has 0 aliphatic carbocycles. The second-order valence-corrected chi connectivity index (χ2v) is 4.95. The number of aromatic nitrogens is 1. The van der Waals surface area contributed by atoms with Crippen molar-refractivity contribution < 1.29 is 4.79 Å². The fraction of sp³-hybridized carbons (Fsp3) is 0.0526. The number of hydrogen-bond donors (Lipinski definition) is 0. The third-order valence-corrected chi connectivity index (χ3v) is 3.37. The van der Waals surface area contributed by atoms with Crippen LogP contribution in [0.1, 0.15) is 21.6 Å². The summed E-state index contributed by atoms with van der Waals surface area (Å²) in [6.07, 6.45) is 3.40. The molecule has 1 heterocycles. The van der Waals surface area contributed by atoms with Crippen molar-refractivity contribution in [1.82, 2.24) is 4.98 Å². The number of benzene rings is 2. The van der Waals surface area contributed by atoms with Crippen LogP contribution in [0, 0.1) is 6.92 Å². The zero-order chi connectivity index (χ0) is 14.7. The first-order valence-electron chi connectivity index (χ1n) is 6.88. The van der Waals surface area contributed by atoms with Gasteiger partial charge in [0.2, 0.25) is 5.78 Å². The van der Waals surface area contributed by atoms with Crippen LogP contribution in [-0.2, 0) is 0 Å². The zero-order valence-corrected chi connectivity index (χ0v) is 11.8. The number of rotatable bonds is 3. The molecule has 0 atom stereocenters. The number of fused-ring (bicyclic) bond motifs is 1. The van der Waals surface area contributed by atoms with Gasteiger partial charge in [-0.15, -0.1) is 0 Å². The summed E-state index contributed by atoms with van der Waals surface area (Å²) in [5, 5.41) is 1.05. The number of carbonyl (C=O) groups excluding carboxylic acids is 1. The van der Waals surface area contributed by atoms with Crippen molar-refractivity contribution in [1.29, 1.82) is 0 Å². The average Bonchev–Trinajstić information content (AvgIpc) is 2.53. The van der Waals surface area contributed by atoms with Gasteiger partial charge in [-0.1, -0.05) is 54.6 Å². The summed E-state index contributed by atoms with van der Waals surface area (Å²) in [6, 6.07) is 19.6. The minimum absolute atomic E-state index is 0.0675. The number of aryl methyl sites for hydroxylation is 1. The second-order valence-electron chi connectivity index (χ2n) is 4.95. The Balaban J connectivity index is 1.94. The first kappa shape index (κ1) is 13.3. The molecule has 0 N–H and O–H groups in total. The van der Waals surface area contributed by atoms with Crippen LogP contribution in [0.2, 0.25) is 0 Å². The molecule has 0 aliphatic heterocycles. The monoisotopic (exact) mass is 273 g/mol. The Bertz CT molecular complexity index is 819. The van der Waals surface area contributed by atoms with E-state index in [0.29, 0.717) is 5.69 Å². The number of ketones is 1. The van der Waals surface area contributed by atoms with Gasteiger partial charge in [-0.05, 0) is 36.3 Å². The average molecular weight is 273 g/mol. The van der Waals surface area contributed by atoms with E-state index in [1.54, 1.807) is 6.08 Å². The molecule has 1 aromatic heterocycles. The number of allylic oxidation sites excluding steroid dienone is 1. The molecule has 0 unspecified atom stereocenters. The molecule has 0 bridgehead atoms. The Hall–Kier alpha value is -2.74. The molecule has 102 valence electrons. The van der Waals surface area contributed by atoms with Gasteiger partial charge in [0, 0.05) is 5.39 Å². The van der Waals surface area contributed by atoms with Crippen LogP contribution >= 0.6 is 0 Å². The smallest absolute Gasteiger partial charge is 0.204 e. The third kappa shape index (κ3) is 2.90. The molecule has 3 aromatic rings. The predicted molar refractivity (Wildman–Crippen MR) is 86.3 cm³/mol. The predicted octanol–water partition coefficient (Wildman–Crippen LogP) is 4.44. The van der Waals surface area contributed by atoms with Gasteiger partial charge in [-0.2, -0.15) is 0 Å². The second kappa shape index (κ2) is 5.71. The van der Waals surface area contributed by atoms with Crippen molar-refractivity contribution in [3.05, 3.63) is 83.6 Å². The number of nitrogens with zero attached hydrogens (tertiary/aromatic N) is 1. The standard InChI is InChI=1S/C19H15NO/c1-14-13-16-9-5-6-10-17(16)20-19(14)18(21)12-11-15-7-3-2-4-8-15/h2-13H,1H3. The first-order valence-corrected chi connectivity index (χ1v) is 6.88. The summed E-state index contributed by atoms with van der Waals surface area (Å²) < 4.78 is 0. The van der Waals surface area contributed by atoms with Crippen LogP contribution in [0.4, 0.5) is 0 Å². The van der Waals surface area contributed by atoms with Gasteiger partial charge in [-0.25, -0.2) is 4.98 Å². The van der Waals surface area contributed by atoms with Crippen LogP contribution in [0.25, 0.3) is 17.0 Å². The molecular weight excluding hydrogens is 258 g/mol. The minimum atomic E-state index is -0.0675. The lowest BCUT2D eigenvalue weighted by molar-refractivity contribution is 0.104. The molecule has 0 radical (unpaired) electrons. The summed E-state index contributed by atoms with van der Waals surface area (Å²) >= 11 is 0. The Kier molecular flexibility index (Phi) is 3.61. The first-order chi connectivity index (χ1) is 10.2. The maximum absolute atomic E-state index is 12.3. The van der Waals surface area contributed by atoms with Crippen molar-refractivity contribution >= 4 is 22.8 Å². The van der Waals surface area contributed by atoms with Crippen molar-refractivity contribution in [2.24, 2.45) is 0 Å². The molecular formula is C19H15NO. The van der Waals surface area contributed by atoms with E-state index in [2.05, 4.69) is 4.98 Å². The maximum Gasteiger partial charge on any atom is 0.204 e. The van der Waals surface area contributed by atoms with Gasteiger partial charge in [0.25, 0.3) is 0 Å². The van der Waals surface area contributed by atoms with E-state index in [-0.39, 0.29) is 5.78 Å². The normalized spacial score (nSPS) is 11.1. The van der Waals surface area contributed by atoms with Gasteiger partial charge >= 0.3 is 0 Å². The van der Waals surface area contributed by atoms with E-state index in [9.17, 15) is 4.79 Å². The molecule has 2 heteroatoms. The highest BCUT2D eigenvalue weighted by molar-refractivity contribution is 6.07. The van der Waals surface area contributed by atoms with Crippen LogP contribution in [0.3, 0.4) is 0 Å². The fourth-order valence-electron chi connectivity index (χ4n) is 2.29. The summed E-state index contributed by atoms with van der Waals surface area (Å²) in [7, 11) is 0. The van der Waals surface area contributed by atoms with Crippen LogP contribution < -0.4 is 0 Å². The van der Waals surface area contributed by atoms with Gasteiger partial charge in [0.05, 0.1) is 5.52 Å². The van der Waals surface area contributed by atoms with Crippen LogP contribution in [-0.4, -0.2) is 10.8 Å². The largest absolute Gasteiger partial charge is 0.288 e. The molecule has 0 saturated carbocycles. The number of carbonyl (C=O) groups is 1. The number of pyridine rings is 1. The van der Waals surface area contributed by atoms with E-state index in [0.717, 1.165) is 22.0 Å². The molecule has 0 aliphatic rings. The lowest BCUT2D eigenvalue weighted by atomic mass is 10.1. The van der Waals surface area contributed by atoms with Crippen LogP contribution in [0.15, 0.2) is 66.7 Å². The molecule has 0 amide bonds. The number of hydrogen-bond acceptors (Lipinski definition) is 2. The van der Waals surface area contributed by atoms with Gasteiger partial charge in [0.1, 0.15) is 5.69 Å². The van der Waals surface area contributed by atoms with E-state index in [1.807, 2.05) is 73.7 Å². The highest BCUT2D eigenvalue weighted by atomic mass is 16.1. The Morgan fingerprint density at radius 2 is 1.71 bits per heavy atom. The molecule has 0 fully saturated rings. The molecule has 21 heavy (non-hydrogen) atoms. The fourth-order valence-corrected chi connectivity index (χ4v) is 2.29. The summed E-state index contributed by atoms with van der Waals surface area (Å²) in [4.78, 5) is 16.8. The highest BCUT2D eigenvalue weighted by Crippen LogP contribution is 2.17. The number of para-hydroxylation sites is 1. The molecule has 2 nitrogen and oxygen atoms in total. The highest BCUT2D eigenvalue weighted by Gasteiger charge is 2.09. The summed E-state index contributed by atoms with van der Waals surface area (Å²) in [5.41, 5.74) is 3.26. The molecule has 0 saturated heterocycles. The molecule has 3 rings (SSSR count). The van der Waals surface area contributed by atoms with Gasteiger partial charge < -0.3 is 0 Å². The minimum Gasteiger partial charge on any atom is -0.288 e. The van der Waals surface area contributed by atoms with Crippen molar-refractivity contribution in [2.75, 3.05) is 0 Å². The quantitative estimate of drug-likeness (QED) is 0.521. The third-order valence-electron chi connectivity index (χ3n) is 3.37. The Morgan fingerprint density at radius 1 is 1.00 bits per heavy atom. The van der Waals surface area contributed by atoms with E-state index in [1.165, 1.54) is 0 Å². The van der Waals surface area contributed by atoms with Gasteiger partial charge in [0.15, 0.2) is 0 Å². The summed E-state index contributed by atoms with van der Waals surface area (Å²) in [5.74, 6) is -0.0675. The van der Waals surface area contributed by atoms with Crippen molar-refractivity contribution in [2.45, 2.75) is 6.92 Å². The van der Waals surface area contributed by atoms with Gasteiger partial charge in [-0.3, -0.25) is 4.79 Å². The lowest BCUT2D eigenvalue weighted by Gasteiger charge is -2.04. The topological polar surface area (TPSA) is 30.0 Å². The zero-order valence-electron chi connectivity index (χ0n) is 11.8. The maximum atomic E-state index is 12.3. The summed E-state index contributed by atoms with van der Waals surface area (Å²) in [6.45, 7) is 1.92. The van der Waals surface area contributed by atoms with Crippen molar-refractivity contribution in [3.63, 3.8) is 0 Å². The van der Waals surface area contributed by atoms with Crippen LogP contribution in [0.5, 0.6) is 0 Å². The lowest BCUT2D eigenvalue weighted by Crippen LogP contribution is -2.02. The van der Waals surface area contributed by atoms with E-state index in [4.69, 9.17) is 0 Å².